The summed E-state index contributed by atoms with van der Waals surface area (Å²) in [5.41, 5.74) is 1.38. The maximum Gasteiger partial charge on any atom is 0.435 e. The van der Waals surface area contributed by atoms with Crippen molar-refractivity contribution in [2.24, 2.45) is 0 Å². The first-order valence-electron chi connectivity index (χ1n) is 8.33. The molecule has 0 spiro atoms. The Labute approximate surface area is 156 Å². The number of fused-ring (bicyclic) bond motifs is 1. The van der Waals surface area contributed by atoms with E-state index in [1.54, 1.807) is 57.2 Å². The van der Waals surface area contributed by atoms with Gasteiger partial charge in [0.2, 0.25) is 0 Å². The first kappa shape index (κ1) is 18.4. The van der Waals surface area contributed by atoms with Gasteiger partial charge in [0, 0.05) is 5.39 Å². The smallest absolute Gasteiger partial charge is 0.435 e. The molecule has 1 aromatic heterocycles. The molecule has 0 aliphatic rings. The Kier molecular flexibility index (Phi) is 4.61. The summed E-state index contributed by atoms with van der Waals surface area (Å²) < 4.78 is 11.2. The highest BCUT2D eigenvalue weighted by atomic mass is 16.6. The molecule has 1 N–H and O–H groups in total. The second-order valence-electron chi connectivity index (χ2n) is 7.01. The average Bonchev–Trinajstić information content (AvgIpc) is 2.99. The summed E-state index contributed by atoms with van der Waals surface area (Å²) in [6.45, 7) is 5.25. The summed E-state index contributed by atoms with van der Waals surface area (Å²) in [6.07, 6.45) is -0.689. The van der Waals surface area contributed by atoms with Crippen molar-refractivity contribution >= 4 is 23.0 Å². The van der Waals surface area contributed by atoms with E-state index in [1.807, 2.05) is 6.07 Å². The number of rotatable bonds is 2. The topological polar surface area (TPSA) is 90.7 Å². The molecule has 7 heteroatoms. The van der Waals surface area contributed by atoms with Crippen LogP contribution in [0.4, 0.5) is 4.79 Å². The van der Waals surface area contributed by atoms with E-state index in [9.17, 15) is 14.7 Å². The zero-order valence-corrected chi connectivity index (χ0v) is 15.5. The number of carbonyl (C=O) groups excluding carboxylic acids is 2. The molecule has 0 aliphatic heterocycles. The number of phenols is 1. The second kappa shape index (κ2) is 6.75. The number of aromatic nitrogens is 2. The van der Waals surface area contributed by atoms with Crippen molar-refractivity contribution in [3.63, 3.8) is 0 Å². The fourth-order valence-corrected chi connectivity index (χ4v) is 2.64. The van der Waals surface area contributed by atoms with Crippen LogP contribution in [-0.4, -0.2) is 39.7 Å². The van der Waals surface area contributed by atoms with Crippen LogP contribution in [0.3, 0.4) is 0 Å². The Morgan fingerprint density at radius 3 is 2.26 bits per heavy atom. The van der Waals surface area contributed by atoms with E-state index < -0.39 is 17.7 Å². The molecule has 0 atom stereocenters. The van der Waals surface area contributed by atoms with Crippen LogP contribution in [0.5, 0.6) is 5.75 Å². The Hall–Kier alpha value is -3.35. The van der Waals surface area contributed by atoms with E-state index in [0.29, 0.717) is 10.9 Å². The highest BCUT2D eigenvalue weighted by Gasteiger charge is 2.25. The number of hydrogen-bond acceptors (Lipinski definition) is 6. The molecule has 1 heterocycles. The maximum absolute atomic E-state index is 12.6. The molecule has 3 aromatic rings. The lowest BCUT2D eigenvalue weighted by Gasteiger charge is -2.19. The van der Waals surface area contributed by atoms with Gasteiger partial charge in [0.15, 0.2) is 5.69 Å². The number of ether oxygens (including phenoxy) is 2. The number of esters is 1. The minimum atomic E-state index is -0.713. The highest BCUT2D eigenvalue weighted by molar-refractivity contribution is 6.05. The minimum absolute atomic E-state index is 0.0376. The first-order valence-corrected chi connectivity index (χ1v) is 8.33. The predicted octanol–water partition coefficient (Wildman–Crippen LogP) is 3.98. The summed E-state index contributed by atoms with van der Waals surface area (Å²) in [7, 11) is 1.26. The molecule has 0 saturated carbocycles. The van der Waals surface area contributed by atoms with Crippen molar-refractivity contribution in [1.82, 2.24) is 9.78 Å². The zero-order valence-electron chi connectivity index (χ0n) is 15.5. The summed E-state index contributed by atoms with van der Waals surface area (Å²) in [5.74, 6) is -0.480. The highest BCUT2D eigenvalue weighted by Crippen LogP contribution is 2.28. The summed E-state index contributed by atoms with van der Waals surface area (Å²) >= 11 is 0. The molecule has 0 radical (unpaired) electrons. The minimum Gasteiger partial charge on any atom is -0.508 e. The monoisotopic (exact) mass is 368 g/mol. The number of nitrogens with zero attached hydrogens (tertiary/aromatic N) is 2. The molecule has 7 nitrogen and oxygen atoms in total. The van der Waals surface area contributed by atoms with Gasteiger partial charge in [0.1, 0.15) is 11.4 Å². The van der Waals surface area contributed by atoms with Crippen LogP contribution in [0.2, 0.25) is 0 Å². The van der Waals surface area contributed by atoms with Gasteiger partial charge in [-0.25, -0.2) is 9.59 Å². The molecule has 140 valence electrons. The van der Waals surface area contributed by atoms with Crippen molar-refractivity contribution in [1.29, 1.82) is 0 Å². The van der Waals surface area contributed by atoms with Crippen molar-refractivity contribution in [2.45, 2.75) is 26.4 Å². The number of methoxy groups -OCH3 is 1. The molecule has 0 saturated heterocycles. The van der Waals surface area contributed by atoms with Crippen LogP contribution < -0.4 is 0 Å². The largest absolute Gasteiger partial charge is 0.508 e. The van der Waals surface area contributed by atoms with Gasteiger partial charge in [-0.1, -0.05) is 18.2 Å². The zero-order chi connectivity index (χ0) is 19.8. The third-order valence-electron chi connectivity index (χ3n) is 3.83. The number of phenolic OH excluding ortho intramolecular Hbond substituents is 1. The average molecular weight is 368 g/mol. The van der Waals surface area contributed by atoms with Crippen LogP contribution in [0.25, 0.3) is 22.0 Å². The lowest BCUT2D eigenvalue weighted by molar-refractivity contribution is 0.0519. The number of benzene rings is 2. The van der Waals surface area contributed by atoms with E-state index in [1.165, 1.54) is 7.11 Å². The van der Waals surface area contributed by atoms with E-state index in [4.69, 9.17) is 9.47 Å². The lowest BCUT2D eigenvalue weighted by Crippen LogP contribution is -2.27. The second-order valence-corrected chi connectivity index (χ2v) is 7.01. The molecule has 0 unspecified atom stereocenters. The van der Waals surface area contributed by atoms with Gasteiger partial charge in [-0.05, 0) is 56.2 Å². The first-order chi connectivity index (χ1) is 12.7. The van der Waals surface area contributed by atoms with Crippen molar-refractivity contribution in [3.05, 3.63) is 48.2 Å². The summed E-state index contributed by atoms with van der Waals surface area (Å²) in [5, 5.41) is 14.1. The van der Waals surface area contributed by atoms with Crippen molar-refractivity contribution in [2.75, 3.05) is 7.11 Å². The fraction of sp³-hybridized carbons (Fsp3) is 0.250. The molecular formula is C20H20N2O5. The van der Waals surface area contributed by atoms with Crippen LogP contribution in [0.15, 0.2) is 42.5 Å². The van der Waals surface area contributed by atoms with Crippen LogP contribution in [0.1, 0.15) is 31.3 Å². The number of hydrogen-bond donors (Lipinski definition) is 1. The molecule has 2 aromatic carbocycles. The molecule has 3 rings (SSSR count). The third-order valence-corrected chi connectivity index (χ3v) is 3.83. The quantitative estimate of drug-likeness (QED) is 0.688. The molecule has 27 heavy (non-hydrogen) atoms. The van der Waals surface area contributed by atoms with Gasteiger partial charge in [-0.15, -0.1) is 0 Å². The molecule has 0 bridgehead atoms. The molecule has 0 fully saturated rings. The van der Waals surface area contributed by atoms with Crippen molar-refractivity contribution in [3.8, 4) is 16.9 Å². The van der Waals surface area contributed by atoms with Crippen LogP contribution >= 0.6 is 0 Å². The third kappa shape index (κ3) is 3.76. The Morgan fingerprint density at radius 1 is 1.04 bits per heavy atom. The van der Waals surface area contributed by atoms with E-state index in [2.05, 4.69) is 5.10 Å². The van der Waals surface area contributed by atoms with Gasteiger partial charge in [-0.3, -0.25) is 0 Å². The predicted molar refractivity (Wildman–Crippen MR) is 99.8 cm³/mol. The molecule has 0 aliphatic carbocycles. The standard InChI is InChI=1S/C20H20N2O5/c1-20(2,3)27-19(25)22-16-11-13(12-5-8-14(23)9-6-12)7-10-15(16)17(21-22)18(24)26-4/h5-11,23H,1-4H3. The van der Waals surface area contributed by atoms with Gasteiger partial charge < -0.3 is 14.6 Å². The van der Waals surface area contributed by atoms with Crippen LogP contribution in [0, 0.1) is 0 Å². The maximum atomic E-state index is 12.6. The SMILES string of the molecule is COC(=O)c1nn(C(=O)OC(C)(C)C)c2cc(-c3ccc(O)cc3)ccc12. The Bertz CT molecular complexity index is 1010. The molecule has 0 amide bonds. The van der Waals surface area contributed by atoms with E-state index in [-0.39, 0.29) is 11.4 Å². The number of carbonyl (C=O) groups is 2. The molecular weight excluding hydrogens is 348 g/mol. The lowest BCUT2D eigenvalue weighted by atomic mass is 10.0. The normalized spacial score (nSPS) is 11.4. The van der Waals surface area contributed by atoms with E-state index in [0.717, 1.165) is 15.8 Å². The fourth-order valence-electron chi connectivity index (χ4n) is 2.64. The summed E-state index contributed by atoms with van der Waals surface area (Å²) in [6, 6.07) is 11.9. The van der Waals surface area contributed by atoms with Gasteiger partial charge >= 0.3 is 12.1 Å². The van der Waals surface area contributed by atoms with Gasteiger partial charge in [-0.2, -0.15) is 9.78 Å². The van der Waals surface area contributed by atoms with Gasteiger partial charge in [0.05, 0.1) is 12.6 Å². The Morgan fingerprint density at radius 2 is 1.67 bits per heavy atom. The van der Waals surface area contributed by atoms with E-state index >= 15 is 0 Å². The summed E-state index contributed by atoms with van der Waals surface area (Å²) in [4.78, 5) is 24.6. The number of aromatic hydroxyl groups is 1. The van der Waals surface area contributed by atoms with Crippen molar-refractivity contribution < 1.29 is 24.2 Å². The van der Waals surface area contributed by atoms with Gasteiger partial charge in [0.25, 0.3) is 0 Å². The Balaban J connectivity index is 2.17. The van der Waals surface area contributed by atoms with Crippen LogP contribution in [-0.2, 0) is 9.47 Å².